The summed E-state index contributed by atoms with van der Waals surface area (Å²) in [6, 6.07) is 11.2. The number of fused-ring (bicyclic) bond motifs is 1. The number of thiazole rings is 1. The maximum Gasteiger partial charge on any atom is 0.252 e. The molecule has 0 radical (unpaired) electrons. The van der Waals surface area contributed by atoms with Gasteiger partial charge < -0.3 is 31.2 Å². The Morgan fingerprint density at radius 3 is 2.66 bits per heavy atom. The first kappa shape index (κ1) is 24.7. The Bertz CT molecular complexity index is 1220. The standard InChI is InChI=1S/C22H24N6O5S2/c1-32-13-8-7-11(9-14(13)33-2)19(30)26-17-18(23)27-21(28-20(17)31)34-10-16(29)25-22-24-12-5-3-4-6-15(12)35-22/h3-9,17-18,21,27H,10,23H2,1-2H3,(H,26,30)(H,28,31)(H,24,25,29). The summed E-state index contributed by atoms with van der Waals surface area (Å²) in [5.74, 6) is -0.300. The zero-order valence-electron chi connectivity index (χ0n) is 18.9. The fourth-order valence-electron chi connectivity index (χ4n) is 3.38. The predicted octanol–water partition coefficient (Wildman–Crippen LogP) is 1.07. The zero-order valence-corrected chi connectivity index (χ0v) is 20.5. The molecule has 1 saturated heterocycles. The van der Waals surface area contributed by atoms with E-state index in [0.717, 1.165) is 22.0 Å². The number of hydrogen-bond donors (Lipinski definition) is 5. The molecule has 0 aliphatic carbocycles. The van der Waals surface area contributed by atoms with E-state index < -0.39 is 29.5 Å². The second-order valence-electron chi connectivity index (χ2n) is 7.45. The van der Waals surface area contributed by atoms with Crippen molar-refractivity contribution < 1.29 is 23.9 Å². The van der Waals surface area contributed by atoms with E-state index in [1.54, 1.807) is 12.1 Å². The molecule has 0 saturated carbocycles. The van der Waals surface area contributed by atoms with Gasteiger partial charge in [0, 0.05) is 5.56 Å². The molecule has 1 aliphatic heterocycles. The Labute approximate surface area is 209 Å². The first-order chi connectivity index (χ1) is 16.9. The van der Waals surface area contributed by atoms with Crippen LogP contribution in [0.1, 0.15) is 10.4 Å². The van der Waals surface area contributed by atoms with Gasteiger partial charge in [0.2, 0.25) is 11.8 Å². The number of nitrogens with zero attached hydrogens (tertiary/aromatic N) is 1. The number of nitrogens with two attached hydrogens (primary N) is 1. The summed E-state index contributed by atoms with van der Waals surface area (Å²) >= 11 is 2.55. The highest BCUT2D eigenvalue weighted by atomic mass is 32.2. The number of carbonyl (C=O) groups is 3. The summed E-state index contributed by atoms with van der Waals surface area (Å²) in [6.45, 7) is 0. The minimum Gasteiger partial charge on any atom is -0.493 e. The molecule has 184 valence electrons. The molecule has 6 N–H and O–H groups in total. The Kier molecular flexibility index (Phi) is 7.70. The summed E-state index contributed by atoms with van der Waals surface area (Å²) in [6.07, 6.45) is -0.863. The molecule has 35 heavy (non-hydrogen) atoms. The maximum atomic E-state index is 12.7. The molecule has 2 aromatic carbocycles. The van der Waals surface area contributed by atoms with Crippen molar-refractivity contribution in [3.05, 3.63) is 48.0 Å². The van der Waals surface area contributed by atoms with Crippen LogP contribution in [0.15, 0.2) is 42.5 Å². The molecular weight excluding hydrogens is 492 g/mol. The minimum absolute atomic E-state index is 0.0588. The average Bonchev–Trinajstić information content (AvgIpc) is 3.26. The number of ether oxygens (including phenoxy) is 2. The lowest BCUT2D eigenvalue weighted by Gasteiger charge is -2.35. The van der Waals surface area contributed by atoms with Crippen LogP contribution in [0.3, 0.4) is 0 Å². The monoisotopic (exact) mass is 516 g/mol. The van der Waals surface area contributed by atoms with Crippen LogP contribution in [0.25, 0.3) is 10.2 Å². The molecule has 1 fully saturated rings. The van der Waals surface area contributed by atoms with E-state index in [2.05, 4.69) is 26.3 Å². The van der Waals surface area contributed by atoms with Crippen molar-refractivity contribution in [1.82, 2.24) is 20.9 Å². The smallest absolute Gasteiger partial charge is 0.252 e. The first-order valence-corrected chi connectivity index (χ1v) is 12.4. The van der Waals surface area contributed by atoms with E-state index in [1.165, 1.54) is 31.6 Å². The normalized spacial score (nSPS) is 19.6. The lowest BCUT2D eigenvalue weighted by Crippen LogP contribution is -2.70. The Hall–Kier alpha value is -3.39. The van der Waals surface area contributed by atoms with Crippen LogP contribution < -0.4 is 36.5 Å². The summed E-state index contributed by atoms with van der Waals surface area (Å²) in [5, 5.41) is 11.6. The van der Waals surface area contributed by atoms with Crippen molar-refractivity contribution in [2.75, 3.05) is 25.3 Å². The van der Waals surface area contributed by atoms with Crippen LogP contribution in [0.4, 0.5) is 5.13 Å². The second kappa shape index (κ2) is 10.9. The van der Waals surface area contributed by atoms with Crippen molar-refractivity contribution in [3.63, 3.8) is 0 Å². The summed E-state index contributed by atoms with van der Waals surface area (Å²) in [4.78, 5) is 42.0. The third-order valence-electron chi connectivity index (χ3n) is 5.11. The number of para-hydroxylation sites is 1. The minimum atomic E-state index is -1.01. The number of benzene rings is 2. The van der Waals surface area contributed by atoms with Crippen LogP contribution in [0, 0.1) is 0 Å². The van der Waals surface area contributed by atoms with E-state index >= 15 is 0 Å². The summed E-state index contributed by atoms with van der Waals surface area (Å²) in [5.41, 5.74) is 6.60. The number of nitrogens with one attached hydrogen (secondary N) is 4. The number of methoxy groups -OCH3 is 2. The first-order valence-electron chi connectivity index (χ1n) is 10.5. The SMILES string of the molecule is COc1ccc(C(=O)NC2C(=O)NC(SCC(=O)Nc3nc4ccccc4s3)NC2N)cc1OC. The van der Waals surface area contributed by atoms with Crippen molar-refractivity contribution in [2.45, 2.75) is 17.7 Å². The van der Waals surface area contributed by atoms with Gasteiger partial charge in [-0.05, 0) is 30.3 Å². The van der Waals surface area contributed by atoms with Gasteiger partial charge in [0.25, 0.3) is 5.91 Å². The van der Waals surface area contributed by atoms with Crippen molar-refractivity contribution in [1.29, 1.82) is 0 Å². The van der Waals surface area contributed by atoms with Gasteiger partial charge in [0.1, 0.15) is 11.5 Å². The summed E-state index contributed by atoms with van der Waals surface area (Å²) < 4.78 is 11.4. The number of amides is 3. The van der Waals surface area contributed by atoms with E-state index in [-0.39, 0.29) is 17.2 Å². The van der Waals surface area contributed by atoms with Crippen LogP contribution in [0.5, 0.6) is 11.5 Å². The molecular formula is C22H24N6O5S2. The lowest BCUT2D eigenvalue weighted by atomic mass is 10.1. The average molecular weight is 517 g/mol. The van der Waals surface area contributed by atoms with E-state index in [9.17, 15) is 14.4 Å². The number of rotatable bonds is 8. The molecule has 11 nitrogen and oxygen atoms in total. The van der Waals surface area contributed by atoms with Gasteiger partial charge in [-0.3, -0.25) is 19.7 Å². The molecule has 2 heterocycles. The quantitative estimate of drug-likeness (QED) is 0.295. The molecule has 0 bridgehead atoms. The van der Waals surface area contributed by atoms with Crippen molar-refractivity contribution in [3.8, 4) is 11.5 Å². The highest BCUT2D eigenvalue weighted by Gasteiger charge is 2.35. The van der Waals surface area contributed by atoms with Gasteiger partial charge >= 0.3 is 0 Å². The van der Waals surface area contributed by atoms with E-state index in [4.69, 9.17) is 15.2 Å². The Morgan fingerprint density at radius 2 is 1.94 bits per heavy atom. The molecule has 3 unspecified atom stereocenters. The van der Waals surface area contributed by atoms with Gasteiger partial charge in [-0.25, -0.2) is 4.98 Å². The molecule has 3 amide bonds. The molecule has 0 spiro atoms. The number of thioether (sulfide) groups is 1. The summed E-state index contributed by atoms with van der Waals surface area (Å²) in [7, 11) is 2.96. The van der Waals surface area contributed by atoms with Crippen LogP contribution in [0.2, 0.25) is 0 Å². The Balaban J connectivity index is 1.29. The van der Waals surface area contributed by atoms with Crippen molar-refractivity contribution in [2.24, 2.45) is 5.73 Å². The van der Waals surface area contributed by atoms with Gasteiger partial charge in [-0.15, -0.1) is 11.8 Å². The van der Waals surface area contributed by atoms with Crippen LogP contribution >= 0.6 is 23.1 Å². The number of hydrogen-bond acceptors (Lipinski definition) is 10. The van der Waals surface area contributed by atoms with Crippen LogP contribution in [-0.4, -0.2) is 60.4 Å². The fourth-order valence-corrected chi connectivity index (χ4v) is 5.11. The topological polar surface area (TPSA) is 157 Å². The second-order valence-corrected chi connectivity index (χ2v) is 9.57. The third-order valence-corrected chi connectivity index (χ3v) is 7.08. The fraction of sp³-hybridized carbons (Fsp3) is 0.273. The van der Waals surface area contributed by atoms with Crippen molar-refractivity contribution >= 4 is 56.2 Å². The van der Waals surface area contributed by atoms with Gasteiger partial charge in [-0.1, -0.05) is 23.5 Å². The van der Waals surface area contributed by atoms with E-state index in [0.29, 0.717) is 16.6 Å². The molecule has 1 aliphatic rings. The molecule has 4 rings (SSSR count). The molecule has 3 atom stereocenters. The third kappa shape index (κ3) is 5.82. The number of aromatic nitrogens is 1. The van der Waals surface area contributed by atoms with Gasteiger partial charge in [0.15, 0.2) is 16.6 Å². The zero-order chi connectivity index (χ0) is 24.9. The number of anilines is 1. The van der Waals surface area contributed by atoms with Crippen LogP contribution in [-0.2, 0) is 9.59 Å². The Morgan fingerprint density at radius 1 is 1.17 bits per heavy atom. The molecule has 1 aromatic heterocycles. The predicted molar refractivity (Wildman–Crippen MR) is 135 cm³/mol. The van der Waals surface area contributed by atoms with Gasteiger partial charge in [-0.2, -0.15) is 0 Å². The van der Waals surface area contributed by atoms with Gasteiger partial charge in [0.05, 0.1) is 36.4 Å². The molecule has 13 heteroatoms. The highest BCUT2D eigenvalue weighted by Crippen LogP contribution is 2.28. The largest absolute Gasteiger partial charge is 0.493 e. The highest BCUT2D eigenvalue weighted by molar-refractivity contribution is 8.00. The lowest BCUT2D eigenvalue weighted by molar-refractivity contribution is -0.125. The number of carbonyl (C=O) groups excluding carboxylic acids is 3. The maximum absolute atomic E-state index is 12.7. The molecule has 3 aromatic rings. The van der Waals surface area contributed by atoms with E-state index in [1.807, 2.05) is 24.3 Å².